The maximum Gasteiger partial charge on any atom is 0.170 e. The van der Waals surface area contributed by atoms with Gasteiger partial charge >= 0.3 is 0 Å². The first-order chi connectivity index (χ1) is 15.6. The Balaban J connectivity index is 1.49. The highest BCUT2D eigenvalue weighted by Gasteiger charge is 2.33. The lowest BCUT2D eigenvalue weighted by Crippen LogP contribution is -2.38. The van der Waals surface area contributed by atoms with Crippen LogP contribution in [0.5, 0.6) is 0 Å². The molecular weight excluding hydrogens is 444 g/mol. The number of nitrogens with one attached hydrogen (secondary N) is 1. The van der Waals surface area contributed by atoms with E-state index in [1.54, 1.807) is 11.3 Å². The van der Waals surface area contributed by atoms with Crippen LogP contribution in [0, 0.1) is 0 Å². The molecule has 0 radical (unpaired) electrons. The second-order valence-corrected chi connectivity index (χ2v) is 12.0. The number of fused-ring (bicyclic) bond motifs is 5. The summed E-state index contributed by atoms with van der Waals surface area (Å²) in [4.78, 5) is 8.63. The SMILES string of the molecule is CC1(C)Cc2c(c(N3CCOCC3)nc3sc4c(NC[C@H]5CCCO5)nnnc4c23)CS1. The normalized spacial score (nSPS) is 23.1. The van der Waals surface area contributed by atoms with Crippen LogP contribution in [-0.2, 0) is 21.6 Å². The van der Waals surface area contributed by atoms with E-state index in [0.29, 0.717) is 0 Å². The minimum absolute atomic E-state index is 0.180. The van der Waals surface area contributed by atoms with Crippen molar-refractivity contribution >= 4 is 55.2 Å². The summed E-state index contributed by atoms with van der Waals surface area (Å²) in [5, 5.41) is 17.6. The van der Waals surface area contributed by atoms with Gasteiger partial charge in [-0.05, 0) is 30.0 Å². The molecule has 0 bridgehead atoms. The molecule has 3 aliphatic rings. The Bertz CT molecular complexity index is 1150. The van der Waals surface area contributed by atoms with Crippen LogP contribution >= 0.6 is 23.1 Å². The number of anilines is 2. The third kappa shape index (κ3) is 3.70. The molecule has 0 aliphatic carbocycles. The van der Waals surface area contributed by atoms with Crippen molar-refractivity contribution in [1.82, 2.24) is 20.4 Å². The van der Waals surface area contributed by atoms with Crippen molar-refractivity contribution in [2.24, 2.45) is 0 Å². The van der Waals surface area contributed by atoms with Gasteiger partial charge < -0.3 is 19.7 Å². The van der Waals surface area contributed by atoms with Gasteiger partial charge in [-0.25, -0.2) is 4.98 Å². The van der Waals surface area contributed by atoms with Gasteiger partial charge in [0.15, 0.2) is 5.82 Å². The number of hydrogen-bond acceptors (Lipinski definition) is 10. The predicted molar refractivity (Wildman–Crippen MR) is 130 cm³/mol. The molecule has 0 amide bonds. The standard InChI is InChI=1S/C22H28N6O2S2/c1-22(2)10-14-15(12-31-22)20(28-5-8-29-9-6-28)24-21-16(14)17-18(32-21)19(26-27-25-17)23-11-13-4-3-7-30-13/h13H,3-12H2,1-2H3,(H,23,25,26)/t13-/m1/s1. The van der Waals surface area contributed by atoms with Crippen LogP contribution in [0.4, 0.5) is 11.6 Å². The molecule has 1 N–H and O–H groups in total. The van der Waals surface area contributed by atoms with E-state index in [1.165, 1.54) is 16.5 Å². The first-order valence-electron chi connectivity index (χ1n) is 11.4. The predicted octanol–water partition coefficient (Wildman–Crippen LogP) is 3.63. The zero-order valence-electron chi connectivity index (χ0n) is 18.5. The maximum atomic E-state index is 5.77. The molecule has 6 heterocycles. The molecule has 32 heavy (non-hydrogen) atoms. The monoisotopic (exact) mass is 472 g/mol. The summed E-state index contributed by atoms with van der Waals surface area (Å²) < 4.78 is 12.6. The van der Waals surface area contributed by atoms with E-state index < -0.39 is 0 Å². The highest BCUT2D eigenvalue weighted by molar-refractivity contribution is 7.99. The van der Waals surface area contributed by atoms with Crippen molar-refractivity contribution in [1.29, 1.82) is 0 Å². The van der Waals surface area contributed by atoms with Gasteiger partial charge in [0.05, 0.1) is 19.3 Å². The van der Waals surface area contributed by atoms with Gasteiger partial charge in [0.1, 0.15) is 20.9 Å². The molecule has 0 aromatic carbocycles. The van der Waals surface area contributed by atoms with E-state index in [1.807, 2.05) is 11.8 Å². The van der Waals surface area contributed by atoms with Crippen molar-refractivity contribution in [3.8, 4) is 0 Å². The van der Waals surface area contributed by atoms with E-state index in [2.05, 4.69) is 39.5 Å². The lowest BCUT2D eigenvalue weighted by molar-refractivity contribution is 0.120. The molecule has 2 saturated heterocycles. The molecule has 3 aromatic heterocycles. The number of thioether (sulfide) groups is 1. The fourth-order valence-electron chi connectivity index (χ4n) is 4.88. The summed E-state index contributed by atoms with van der Waals surface area (Å²) in [6, 6.07) is 0. The Morgan fingerprint density at radius 2 is 2.03 bits per heavy atom. The van der Waals surface area contributed by atoms with E-state index in [9.17, 15) is 0 Å². The van der Waals surface area contributed by atoms with Gasteiger partial charge in [-0.1, -0.05) is 13.8 Å². The summed E-state index contributed by atoms with van der Waals surface area (Å²) >= 11 is 3.69. The van der Waals surface area contributed by atoms with Crippen molar-refractivity contribution < 1.29 is 9.47 Å². The average Bonchev–Trinajstić information content (AvgIpc) is 3.45. The Hall–Kier alpha value is -1.75. The Labute approximate surface area is 195 Å². The fourth-order valence-corrected chi connectivity index (χ4v) is 7.06. The van der Waals surface area contributed by atoms with Crippen molar-refractivity contribution in [3.63, 3.8) is 0 Å². The van der Waals surface area contributed by atoms with Gasteiger partial charge in [0, 0.05) is 47.7 Å². The molecule has 3 aromatic rings. The van der Waals surface area contributed by atoms with Crippen LogP contribution in [0.25, 0.3) is 20.4 Å². The summed E-state index contributed by atoms with van der Waals surface area (Å²) in [5.41, 5.74) is 3.67. The molecule has 6 rings (SSSR count). The Morgan fingerprint density at radius 3 is 2.84 bits per heavy atom. The Kier molecular flexibility index (Phi) is 5.36. The largest absolute Gasteiger partial charge is 0.378 e. The quantitative estimate of drug-likeness (QED) is 0.612. The second-order valence-electron chi connectivity index (χ2n) is 9.33. The minimum Gasteiger partial charge on any atom is -0.378 e. The number of morpholine rings is 1. The van der Waals surface area contributed by atoms with Gasteiger partial charge in [0.25, 0.3) is 0 Å². The highest BCUT2D eigenvalue weighted by Crippen LogP contribution is 2.47. The summed E-state index contributed by atoms with van der Waals surface area (Å²) in [5.74, 6) is 2.89. The number of ether oxygens (including phenoxy) is 2. The molecule has 0 unspecified atom stereocenters. The average molecular weight is 473 g/mol. The van der Waals surface area contributed by atoms with Gasteiger partial charge in [-0.3, -0.25) is 0 Å². The first-order valence-corrected chi connectivity index (χ1v) is 13.2. The van der Waals surface area contributed by atoms with Crippen LogP contribution in [-0.4, -0.2) is 70.7 Å². The van der Waals surface area contributed by atoms with E-state index in [4.69, 9.17) is 14.5 Å². The number of nitrogens with zero attached hydrogens (tertiary/aromatic N) is 5. The number of thiophene rings is 1. The number of pyridine rings is 1. The number of aromatic nitrogens is 4. The van der Waals surface area contributed by atoms with Gasteiger partial charge in [-0.2, -0.15) is 11.8 Å². The zero-order chi connectivity index (χ0) is 21.7. The Morgan fingerprint density at radius 1 is 1.16 bits per heavy atom. The van der Waals surface area contributed by atoms with Crippen LogP contribution in [0.15, 0.2) is 0 Å². The van der Waals surface area contributed by atoms with E-state index >= 15 is 0 Å². The third-order valence-corrected chi connectivity index (χ3v) is 8.99. The van der Waals surface area contributed by atoms with Gasteiger partial charge in [-0.15, -0.1) is 21.5 Å². The number of hydrogen-bond donors (Lipinski definition) is 1. The van der Waals surface area contributed by atoms with E-state index in [0.717, 1.165) is 91.2 Å². The molecule has 10 heteroatoms. The summed E-state index contributed by atoms with van der Waals surface area (Å²) in [6.07, 6.45) is 3.45. The van der Waals surface area contributed by atoms with Crippen LogP contribution in [0.3, 0.4) is 0 Å². The second kappa shape index (κ2) is 8.23. The van der Waals surface area contributed by atoms with Crippen molar-refractivity contribution in [2.45, 2.75) is 49.7 Å². The highest BCUT2D eigenvalue weighted by atomic mass is 32.2. The van der Waals surface area contributed by atoms with E-state index in [-0.39, 0.29) is 10.9 Å². The first kappa shape index (κ1) is 20.8. The summed E-state index contributed by atoms with van der Waals surface area (Å²) in [7, 11) is 0. The zero-order valence-corrected chi connectivity index (χ0v) is 20.2. The molecule has 8 nitrogen and oxygen atoms in total. The smallest absolute Gasteiger partial charge is 0.170 e. The molecule has 0 saturated carbocycles. The lowest BCUT2D eigenvalue weighted by atomic mass is 9.94. The topological polar surface area (TPSA) is 85.3 Å². The molecule has 170 valence electrons. The molecule has 3 aliphatic heterocycles. The molecular formula is C22H28N6O2S2. The molecule has 2 fully saturated rings. The maximum absolute atomic E-state index is 5.77. The molecule has 0 spiro atoms. The molecule has 1 atom stereocenters. The van der Waals surface area contributed by atoms with Gasteiger partial charge in [0.2, 0.25) is 0 Å². The number of rotatable bonds is 4. The fraction of sp³-hybridized carbons (Fsp3) is 0.636. The third-order valence-electron chi connectivity index (χ3n) is 6.55. The lowest BCUT2D eigenvalue weighted by Gasteiger charge is -2.35. The summed E-state index contributed by atoms with van der Waals surface area (Å²) in [6.45, 7) is 9.55. The van der Waals surface area contributed by atoms with Crippen molar-refractivity contribution in [3.05, 3.63) is 11.1 Å². The minimum atomic E-state index is 0.180. The van der Waals surface area contributed by atoms with Crippen molar-refractivity contribution in [2.75, 3.05) is 49.7 Å². The van der Waals surface area contributed by atoms with Crippen LogP contribution in [0.2, 0.25) is 0 Å². The van der Waals surface area contributed by atoms with Crippen LogP contribution < -0.4 is 10.2 Å². The van der Waals surface area contributed by atoms with Crippen LogP contribution in [0.1, 0.15) is 37.8 Å².